The lowest BCUT2D eigenvalue weighted by Gasteiger charge is -2.26. The first-order valence-corrected chi connectivity index (χ1v) is 8.43. The van der Waals surface area contributed by atoms with Crippen LogP contribution in [0.3, 0.4) is 0 Å². The van der Waals surface area contributed by atoms with Crippen LogP contribution in [0.25, 0.3) is 5.70 Å². The van der Waals surface area contributed by atoms with Crippen LogP contribution in [-0.2, 0) is 10.4 Å². The predicted molar refractivity (Wildman–Crippen MR) is 94.8 cm³/mol. The van der Waals surface area contributed by atoms with Gasteiger partial charge >= 0.3 is 0 Å². The highest BCUT2D eigenvalue weighted by molar-refractivity contribution is 6.30. The van der Waals surface area contributed by atoms with E-state index in [-0.39, 0.29) is 0 Å². The molecule has 5 heteroatoms. The van der Waals surface area contributed by atoms with E-state index >= 15 is 0 Å². The zero-order chi connectivity index (χ0) is 16.6. The lowest BCUT2D eigenvalue weighted by Crippen LogP contribution is -2.26. The van der Waals surface area contributed by atoms with Crippen molar-refractivity contribution >= 4 is 17.3 Å². The molecule has 0 saturated heterocycles. The Labute approximate surface area is 146 Å². The van der Waals surface area contributed by atoms with E-state index in [0.717, 1.165) is 35.5 Å². The van der Waals surface area contributed by atoms with Gasteiger partial charge < -0.3 is 10.1 Å². The van der Waals surface area contributed by atoms with Crippen molar-refractivity contribution in [1.29, 1.82) is 0 Å². The van der Waals surface area contributed by atoms with Crippen LogP contribution >= 0.6 is 11.6 Å². The number of ether oxygens (including phenoxy) is 1. The molecule has 2 aromatic rings. The van der Waals surface area contributed by atoms with Gasteiger partial charge in [0.25, 0.3) is 0 Å². The molecule has 4 rings (SSSR count). The molecule has 0 spiro atoms. The van der Waals surface area contributed by atoms with Crippen molar-refractivity contribution in [2.24, 2.45) is 0 Å². The van der Waals surface area contributed by atoms with Crippen LogP contribution < -0.4 is 15.5 Å². The second-order valence-corrected chi connectivity index (χ2v) is 6.46. The third kappa shape index (κ3) is 2.57. The maximum absolute atomic E-state index is 6.37. The van der Waals surface area contributed by atoms with Gasteiger partial charge in [-0.25, -0.2) is 0 Å². The van der Waals surface area contributed by atoms with E-state index < -0.39 is 5.60 Å². The summed E-state index contributed by atoms with van der Waals surface area (Å²) >= 11 is 6.17. The molecule has 0 amide bonds. The average Bonchev–Trinajstić information content (AvgIpc) is 3.34. The molecular weight excluding hydrogens is 324 g/mol. The number of hydrogen-bond donors (Lipinski definition) is 2. The minimum absolute atomic E-state index is 0.395. The summed E-state index contributed by atoms with van der Waals surface area (Å²) in [5, 5.41) is 3.73. The van der Waals surface area contributed by atoms with Gasteiger partial charge in [0.2, 0.25) is 0 Å². The van der Waals surface area contributed by atoms with E-state index in [1.54, 1.807) is 0 Å². The highest BCUT2D eigenvalue weighted by Gasteiger charge is 2.58. The summed E-state index contributed by atoms with van der Waals surface area (Å²) in [6.45, 7) is 1.36. The van der Waals surface area contributed by atoms with Crippen LogP contribution in [0.4, 0.5) is 0 Å². The van der Waals surface area contributed by atoms with Crippen molar-refractivity contribution in [1.82, 2.24) is 10.8 Å². The predicted octanol–water partition coefficient (Wildman–Crippen LogP) is 3.48. The topological polar surface area (TPSA) is 42.5 Å². The molecule has 1 aliphatic carbocycles. The highest BCUT2D eigenvalue weighted by Crippen LogP contribution is 2.61. The molecule has 1 aliphatic heterocycles. The van der Waals surface area contributed by atoms with E-state index in [4.69, 9.17) is 21.2 Å². The fourth-order valence-electron chi connectivity index (χ4n) is 3.17. The monoisotopic (exact) mass is 342 g/mol. The van der Waals surface area contributed by atoms with Gasteiger partial charge in [-0.15, -0.1) is 0 Å². The lowest BCUT2D eigenvalue weighted by molar-refractivity contribution is 0.0794. The van der Waals surface area contributed by atoms with Gasteiger partial charge in [0, 0.05) is 34.7 Å². The van der Waals surface area contributed by atoms with E-state index in [9.17, 15) is 0 Å². The normalized spacial score (nSPS) is 20.9. The van der Waals surface area contributed by atoms with Crippen molar-refractivity contribution in [3.05, 3.63) is 70.3 Å². The Morgan fingerprint density at radius 2 is 2.04 bits per heavy atom. The number of fused-ring (bicyclic) bond motifs is 2. The summed E-state index contributed by atoms with van der Waals surface area (Å²) in [4.78, 5) is 5.62. The van der Waals surface area contributed by atoms with Crippen molar-refractivity contribution < 1.29 is 9.57 Å². The van der Waals surface area contributed by atoms with E-state index in [0.29, 0.717) is 11.6 Å². The summed E-state index contributed by atoms with van der Waals surface area (Å²) in [5.74, 6) is 0.785. The lowest BCUT2D eigenvalue weighted by atomic mass is 10.0. The molecule has 1 fully saturated rings. The molecule has 1 unspecified atom stereocenters. The fourth-order valence-corrected chi connectivity index (χ4v) is 3.33. The minimum Gasteiger partial charge on any atom is -0.477 e. The fraction of sp³-hybridized carbons (Fsp3) is 0.263. The van der Waals surface area contributed by atoms with Crippen LogP contribution in [0.1, 0.15) is 17.5 Å². The van der Waals surface area contributed by atoms with Crippen LogP contribution in [0.2, 0.25) is 5.02 Å². The third-order valence-corrected chi connectivity index (χ3v) is 4.69. The Morgan fingerprint density at radius 1 is 1.21 bits per heavy atom. The van der Waals surface area contributed by atoms with Gasteiger partial charge in [-0.2, -0.15) is 0 Å². The van der Waals surface area contributed by atoms with Crippen LogP contribution in [0.5, 0.6) is 5.75 Å². The van der Waals surface area contributed by atoms with Gasteiger partial charge in [-0.05, 0) is 25.2 Å². The minimum atomic E-state index is -0.395. The Kier molecular flexibility index (Phi) is 3.96. The molecule has 124 valence electrons. The van der Waals surface area contributed by atoms with Gasteiger partial charge in [0.1, 0.15) is 5.75 Å². The smallest absolute Gasteiger partial charge is 0.162 e. The summed E-state index contributed by atoms with van der Waals surface area (Å²) in [6.07, 6.45) is 0.848. The van der Waals surface area contributed by atoms with E-state index in [2.05, 4.69) is 22.9 Å². The molecular formula is C19H19ClN2O2. The van der Waals surface area contributed by atoms with Gasteiger partial charge in [0.05, 0.1) is 12.3 Å². The zero-order valence-electron chi connectivity index (χ0n) is 13.4. The molecule has 1 saturated carbocycles. The molecule has 0 bridgehead atoms. The van der Waals surface area contributed by atoms with Crippen LogP contribution in [0.15, 0.2) is 54.1 Å². The van der Waals surface area contributed by atoms with Crippen molar-refractivity contribution in [2.75, 3.05) is 20.2 Å². The first-order chi connectivity index (χ1) is 11.7. The summed E-state index contributed by atoms with van der Waals surface area (Å²) in [5.41, 5.74) is 7.09. The Balaban J connectivity index is 1.71. The average molecular weight is 343 g/mol. The van der Waals surface area contributed by atoms with Crippen molar-refractivity contribution in [2.45, 2.75) is 12.0 Å². The first kappa shape index (κ1) is 15.5. The standard InChI is InChI=1S/C19H19ClN2O2/c1-21-9-10-23-22-18-15-8-7-14(20)11-17(15)24-19(12-16(18)19)13-5-3-2-4-6-13/h2-8,11,21-22H,9-10,12H2,1H3. The molecule has 2 aliphatic rings. The van der Waals surface area contributed by atoms with Crippen LogP contribution in [0, 0.1) is 0 Å². The van der Waals surface area contributed by atoms with E-state index in [1.807, 2.05) is 43.4 Å². The number of benzene rings is 2. The van der Waals surface area contributed by atoms with Crippen molar-refractivity contribution in [3.63, 3.8) is 0 Å². The summed E-state index contributed by atoms with van der Waals surface area (Å²) in [7, 11) is 1.90. The molecule has 2 N–H and O–H groups in total. The third-order valence-electron chi connectivity index (χ3n) is 4.46. The number of nitrogens with one attached hydrogen (secondary N) is 2. The molecule has 1 heterocycles. The number of rotatable bonds is 6. The molecule has 0 radical (unpaired) electrons. The van der Waals surface area contributed by atoms with Gasteiger partial charge in [0.15, 0.2) is 5.60 Å². The maximum Gasteiger partial charge on any atom is 0.162 e. The first-order valence-electron chi connectivity index (χ1n) is 8.05. The largest absolute Gasteiger partial charge is 0.477 e. The molecule has 4 nitrogen and oxygen atoms in total. The van der Waals surface area contributed by atoms with Gasteiger partial charge in [-0.1, -0.05) is 41.9 Å². The summed E-state index contributed by atoms with van der Waals surface area (Å²) < 4.78 is 6.37. The zero-order valence-corrected chi connectivity index (χ0v) is 14.2. The van der Waals surface area contributed by atoms with Gasteiger partial charge in [-0.3, -0.25) is 10.3 Å². The summed E-state index contributed by atoms with van der Waals surface area (Å²) in [6, 6.07) is 16.0. The highest BCUT2D eigenvalue weighted by atomic mass is 35.5. The molecule has 24 heavy (non-hydrogen) atoms. The molecule has 0 aromatic heterocycles. The maximum atomic E-state index is 6.37. The number of likely N-dealkylation sites (N-methyl/N-ethyl adjacent to an activating group) is 1. The number of halogens is 1. The molecule has 1 atom stereocenters. The molecule has 2 aromatic carbocycles. The Hall–Kier alpha value is -2.01. The Morgan fingerprint density at radius 3 is 2.83 bits per heavy atom. The number of hydrogen-bond acceptors (Lipinski definition) is 4. The van der Waals surface area contributed by atoms with Crippen LogP contribution in [-0.4, -0.2) is 20.2 Å². The SMILES string of the molecule is CNCCONC1=C2CC2(c2ccccc2)Oc2cc(Cl)ccc21. The Bertz CT molecular complexity index is 791. The van der Waals surface area contributed by atoms with E-state index in [1.165, 1.54) is 5.57 Å². The quantitative estimate of drug-likeness (QED) is 0.623. The number of hydroxylamine groups is 1. The second-order valence-electron chi connectivity index (χ2n) is 6.02. The second kappa shape index (κ2) is 6.13. The van der Waals surface area contributed by atoms with Crippen molar-refractivity contribution in [3.8, 4) is 5.75 Å².